The van der Waals surface area contributed by atoms with Gasteiger partial charge in [0.1, 0.15) is 12.2 Å². The van der Waals surface area contributed by atoms with Crippen LogP contribution in [0.5, 0.6) is 0 Å². The fraction of sp³-hybridized carbons (Fsp3) is 0.462. The fourth-order valence-corrected chi connectivity index (χ4v) is 2.07. The molecule has 0 spiro atoms. The lowest BCUT2D eigenvalue weighted by molar-refractivity contribution is 0.552. The van der Waals surface area contributed by atoms with Crippen molar-refractivity contribution in [2.45, 2.75) is 39.3 Å². The van der Waals surface area contributed by atoms with Gasteiger partial charge in [0, 0.05) is 18.9 Å². The minimum Gasteiger partial charge on any atom is -0.318 e. The molecule has 0 saturated heterocycles. The van der Waals surface area contributed by atoms with Crippen LogP contribution in [0.25, 0.3) is 0 Å². The normalized spacial score (nSPS) is 12.6. The molecule has 0 aliphatic rings. The smallest absolute Gasteiger partial charge is 0.148 e. The van der Waals surface area contributed by atoms with Gasteiger partial charge in [-0.15, -0.1) is 0 Å². The van der Waals surface area contributed by atoms with Gasteiger partial charge in [-0.2, -0.15) is 5.10 Å². The van der Waals surface area contributed by atoms with Gasteiger partial charge in [-0.3, -0.25) is 4.98 Å². The number of nitrogens with zero attached hydrogens (tertiary/aromatic N) is 4. The molecule has 0 radical (unpaired) electrons. The number of rotatable bonds is 5. The van der Waals surface area contributed by atoms with E-state index in [9.17, 15) is 0 Å². The minimum atomic E-state index is -0.239. The van der Waals surface area contributed by atoms with Crippen molar-refractivity contribution in [1.29, 1.82) is 0 Å². The number of aromatic nitrogens is 4. The monoisotopic (exact) mass is 245 g/mol. The Hall–Kier alpha value is -1.75. The second-order valence-corrected chi connectivity index (χ2v) is 4.25. The SMILES string of the molecule is CCCn1ncnc1C(N)c1ccncc1CC. The Morgan fingerprint density at radius 3 is 2.94 bits per heavy atom. The van der Waals surface area contributed by atoms with Gasteiger partial charge in [0.15, 0.2) is 0 Å². The summed E-state index contributed by atoms with van der Waals surface area (Å²) in [6.45, 7) is 5.06. The average Bonchev–Trinajstić information content (AvgIpc) is 2.86. The minimum absolute atomic E-state index is 0.239. The molecule has 0 fully saturated rings. The molecule has 0 aliphatic carbocycles. The highest BCUT2D eigenvalue weighted by molar-refractivity contribution is 5.30. The molecule has 1 atom stereocenters. The zero-order valence-corrected chi connectivity index (χ0v) is 10.9. The standard InChI is InChI=1S/C13H19N5/c1-3-7-18-13(16-9-17-18)12(14)11-5-6-15-8-10(11)4-2/h5-6,8-9,12H,3-4,7,14H2,1-2H3. The van der Waals surface area contributed by atoms with Crippen molar-refractivity contribution >= 4 is 0 Å². The van der Waals surface area contributed by atoms with Crippen molar-refractivity contribution in [1.82, 2.24) is 19.7 Å². The molecule has 0 saturated carbocycles. The van der Waals surface area contributed by atoms with Crippen LogP contribution in [-0.4, -0.2) is 19.7 Å². The molecule has 0 bridgehead atoms. The Labute approximate surface area is 107 Å². The van der Waals surface area contributed by atoms with Crippen LogP contribution in [-0.2, 0) is 13.0 Å². The van der Waals surface area contributed by atoms with E-state index in [0.29, 0.717) is 0 Å². The second kappa shape index (κ2) is 5.73. The van der Waals surface area contributed by atoms with Gasteiger partial charge in [-0.1, -0.05) is 13.8 Å². The maximum absolute atomic E-state index is 6.32. The Bertz CT molecular complexity index is 506. The number of aryl methyl sites for hydroxylation is 2. The molecule has 0 aliphatic heterocycles. The van der Waals surface area contributed by atoms with E-state index in [1.165, 1.54) is 0 Å². The summed E-state index contributed by atoms with van der Waals surface area (Å²) in [4.78, 5) is 8.43. The van der Waals surface area contributed by atoms with Crippen LogP contribution in [0.2, 0.25) is 0 Å². The van der Waals surface area contributed by atoms with Gasteiger partial charge in [0.05, 0.1) is 6.04 Å². The lowest BCUT2D eigenvalue weighted by atomic mass is 10.0. The molecule has 2 aromatic rings. The molecular formula is C13H19N5. The van der Waals surface area contributed by atoms with E-state index in [1.54, 1.807) is 12.5 Å². The summed E-state index contributed by atoms with van der Waals surface area (Å²) >= 11 is 0. The molecule has 2 rings (SSSR count). The average molecular weight is 245 g/mol. The summed E-state index contributed by atoms with van der Waals surface area (Å²) in [6.07, 6.45) is 7.14. The fourth-order valence-electron chi connectivity index (χ4n) is 2.07. The van der Waals surface area contributed by atoms with Crippen LogP contribution in [0.4, 0.5) is 0 Å². The van der Waals surface area contributed by atoms with Crippen LogP contribution in [0, 0.1) is 0 Å². The van der Waals surface area contributed by atoms with Crippen molar-refractivity contribution in [3.8, 4) is 0 Å². The molecule has 0 aromatic carbocycles. The van der Waals surface area contributed by atoms with E-state index < -0.39 is 0 Å². The highest BCUT2D eigenvalue weighted by Crippen LogP contribution is 2.21. The van der Waals surface area contributed by atoms with Gasteiger partial charge >= 0.3 is 0 Å². The quantitative estimate of drug-likeness (QED) is 0.870. The number of pyridine rings is 1. The molecule has 5 heteroatoms. The summed E-state index contributed by atoms with van der Waals surface area (Å²) in [6, 6.07) is 1.73. The van der Waals surface area contributed by atoms with Gasteiger partial charge in [-0.05, 0) is 30.0 Å². The van der Waals surface area contributed by atoms with E-state index in [2.05, 4.69) is 28.9 Å². The summed E-state index contributed by atoms with van der Waals surface area (Å²) in [5.41, 5.74) is 8.56. The van der Waals surface area contributed by atoms with Crippen molar-refractivity contribution in [2.24, 2.45) is 5.73 Å². The first kappa shape index (κ1) is 12.7. The first-order valence-corrected chi connectivity index (χ1v) is 6.34. The molecule has 18 heavy (non-hydrogen) atoms. The Kier molecular flexibility index (Phi) is 4.04. The van der Waals surface area contributed by atoms with Crippen molar-refractivity contribution in [2.75, 3.05) is 0 Å². The molecule has 2 heterocycles. The third-order valence-corrected chi connectivity index (χ3v) is 3.02. The summed E-state index contributed by atoms with van der Waals surface area (Å²) in [5, 5.41) is 4.22. The maximum atomic E-state index is 6.32. The van der Waals surface area contributed by atoms with Crippen LogP contribution < -0.4 is 5.73 Å². The molecule has 96 valence electrons. The van der Waals surface area contributed by atoms with Crippen molar-refractivity contribution in [3.05, 3.63) is 41.7 Å². The first-order chi connectivity index (χ1) is 8.77. The maximum Gasteiger partial charge on any atom is 0.148 e. The summed E-state index contributed by atoms with van der Waals surface area (Å²) in [7, 11) is 0. The molecular weight excluding hydrogens is 226 g/mol. The highest BCUT2D eigenvalue weighted by Gasteiger charge is 2.17. The van der Waals surface area contributed by atoms with E-state index >= 15 is 0 Å². The summed E-state index contributed by atoms with van der Waals surface area (Å²) < 4.78 is 1.88. The predicted octanol–water partition coefficient (Wildman–Crippen LogP) is 1.69. The van der Waals surface area contributed by atoms with Gasteiger partial charge in [0.2, 0.25) is 0 Å². The Morgan fingerprint density at radius 2 is 2.22 bits per heavy atom. The van der Waals surface area contributed by atoms with Crippen molar-refractivity contribution in [3.63, 3.8) is 0 Å². The van der Waals surface area contributed by atoms with Gasteiger partial charge in [-0.25, -0.2) is 9.67 Å². The van der Waals surface area contributed by atoms with Gasteiger partial charge in [0.25, 0.3) is 0 Å². The Balaban J connectivity index is 2.35. The largest absolute Gasteiger partial charge is 0.318 e. The van der Waals surface area contributed by atoms with Crippen LogP contribution in [0.1, 0.15) is 43.3 Å². The van der Waals surface area contributed by atoms with E-state index in [4.69, 9.17) is 5.73 Å². The molecule has 1 unspecified atom stereocenters. The molecule has 2 aromatic heterocycles. The van der Waals surface area contributed by atoms with Crippen LogP contribution >= 0.6 is 0 Å². The van der Waals surface area contributed by atoms with E-state index in [-0.39, 0.29) is 6.04 Å². The zero-order valence-electron chi connectivity index (χ0n) is 10.9. The molecule has 0 amide bonds. The number of hydrogen-bond donors (Lipinski definition) is 1. The highest BCUT2D eigenvalue weighted by atomic mass is 15.3. The summed E-state index contributed by atoms with van der Waals surface area (Å²) in [5.74, 6) is 0.817. The topological polar surface area (TPSA) is 69.6 Å². The third-order valence-electron chi connectivity index (χ3n) is 3.02. The number of nitrogens with two attached hydrogens (primary N) is 1. The van der Waals surface area contributed by atoms with Crippen molar-refractivity contribution < 1.29 is 0 Å². The Morgan fingerprint density at radius 1 is 1.39 bits per heavy atom. The van der Waals surface area contributed by atoms with Crippen LogP contribution in [0.3, 0.4) is 0 Å². The first-order valence-electron chi connectivity index (χ1n) is 6.34. The van der Waals surface area contributed by atoms with E-state index in [0.717, 1.165) is 36.3 Å². The lowest BCUT2D eigenvalue weighted by Crippen LogP contribution is -2.20. The third kappa shape index (κ3) is 2.41. The predicted molar refractivity (Wildman–Crippen MR) is 70.0 cm³/mol. The molecule has 5 nitrogen and oxygen atoms in total. The zero-order chi connectivity index (χ0) is 13.0. The second-order valence-electron chi connectivity index (χ2n) is 4.25. The lowest BCUT2D eigenvalue weighted by Gasteiger charge is -2.15. The van der Waals surface area contributed by atoms with Crippen LogP contribution in [0.15, 0.2) is 24.8 Å². The molecule has 2 N–H and O–H groups in total. The van der Waals surface area contributed by atoms with E-state index in [1.807, 2.05) is 16.9 Å². The van der Waals surface area contributed by atoms with Gasteiger partial charge < -0.3 is 5.73 Å². The number of hydrogen-bond acceptors (Lipinski definition) is 4.